The highest BCUT2D eigenvalue weighted by molar-refractivity contribution is 6.05. The molecule has 2 aromatic carbocycles. The van der Waals surface area contributed by atoms with Crippen molar-refractivity contribution >= 4 is 17.5 Å². The van der Waals surface area contributed by atoms with Gasteiger partial charge in [-0.1, -0.05) is 42.5 Å². The Hall–Kier alpha value is -3.91. The summed E-state index contributed by atoms with van der Waals surface area (Å²) in [4.78, 5) is 25.6. The third kappa shape index (κ3) is 5.37. The highest BCUT2D eigenvalue weighted by atomic mass is 16.2. The summed E-state index contributed by atoms with van der Waals surface area (Å²) >= 11 is 0. The molecule has 2 aromatic rings. The molecule has 0 aromatic heterocycles. The number of aryl methyl sites for hydroxylation is 1. The van der Waals surface area contributed by atoms with E-state index in [-0.39, 0.29) is 11.8 Å². The summed E-state index contributed by atoms with van der Waals surface area (Å²) in [5.41, 5.74) is 3.09. The van der Waals surface area contributed by atoms with E-state index in [9.17, 15) is 14.9 Å². The zero-order chi connectivity index (χ0) is 22.4. The summed E-state index contributed by atoms with van der Waals surface area (Å²) in [7, 11) is 0. The van der Waals surface area contributed by atoms with Gasteiger partial charge in [-0.05, 0) is 68.7 Å². The monoisotopic (exact) mass is 411 g/mol. The number of hydrogen-bond donors (Lipinski definition) is 2. The van der Waals surface area contributed by atoms with E-state index in [1.54, 1.807) is 36.4 Å². The van der Waals surface area contributed by atoms with Gasteiger partial charge in [0.1, 0.15) is 0 Å². The van der Waals surface area contributed by atoms with Gasteiger partial charge in [-0.25, -0.2) is 0 Å². The molecule has 1 aliphatic carbocycles. The zero-order valence-electron chi connectivity index (χ0n) is 17.9. The molecule has 1 aliphatic rings. The van der Waals surface area contributed by atoms with Crippen LogP contribution in [0.3, 0.4) is 0 Å². The van der Waals surface area contributed by atoms with Gasteiger partial charge < -0.3 is 10.6 Å². The number of benzene rings is 2. The lowest BCUT2D eigenvalue weighted by Crippen LogP contribution is -2.23. The second-order valence-corrected chi connectivity index (χ2v) is 7.94. The quantitative estimate of drug-likeness (QED) is 0.711. The maximum Gasteiger partial charge on any atom is 0.255 e. The number of nitrogens with zero attached hydrogens (tertiary/aromatic N) is 1. The van der Waals surface area contributed by atoms with Crippen molar-refractivity contribution in [3.05, 3.63) is 101 Å². The first kappa shape index (κ1) is 21.8. The van der Waals surface area contributed by atoms with Crippen molar-refractivity contribution in [1.82, 2.24) is 5.32 Å². The average Bonchev–Trinajstić information content (AvgIpc) is 3.03. The van der Waals surface area contributed by atoms with Crippen molar-refractivity contribution in [2.24, 2.45) is 0 Å². The molecule has 31 heavy (non-hydrogen) atoms. The lowest BCUT2D eigenvalue weighted by atomic mass is 9.85. The molecule has 0 heterocycles. The number of nitrogens with one attached hydrogen (secondary N) is 2. The third-order valence-corrected chi connectivity index (χ3v) is 5.12. The number of anilines is 1. The Kier molecular flexibility index (Phi) is 6.52. The molecule has 0 atom stereocenters. The Morgan fingerprint density at radius 1 is 1.03 bits per heavy atom. The van der Waals surface area contributed by atoms with Crippen LogP contribution >= 0.6 is 0 Å². The largest absolute Gasteiger partial charge is 0.322 e. The number of carbonyl (C=O) groups excluding carboxylic acids is 2. The van der Waals surface area contributed by atoms with Crippen LogP contribution in [-0.2, 0) is 5.41 Å². The Balaban J connectivity index is 1.78. The summed E-state index contributed by atoms with van der Waals surface area (Å²) in [6, 6.07) is 14.5. The number of hydrogen-bond acceptors (Lipinski definition) is 3. The van der Waals surface area contributed by atoms with Crippen LogP contribution in [-0.4, -0.2) is 11.8 Å². The Labute approximate surface area is 182 Å². The molecule has 5 heteroatoms. The van der Waals surface area contributed by atoms with Crippen molar-refractivity contribution in [3.8, 4) is 6.07 Å². The summed E-state index contributed by atoms with van der Waals surface area (Å²) in [6.45, 7) is 5.47. The lowest BCUT2D eigenvalue weighted by molar-refractivity contribution is 0.0964. The Morgan fingerprint density at radius 2 is 1.84 bits per heavy atom. The maximum absolute atomic E-state index is 12.8. The maximum atomic E-state index is 12.8. The first-order valence-electron chi connectivity index (χ1n) is 10.1. The summed E-state index contributed by atoms with van der Waals surface area (Å²) in [5, 5.41) is 15.1. The number of allylic oxidation sites excluding steroid dienone is 5. The van der Waals surface area contributed by atoms with Gasteiger partial charge in [0.25, 0.3) is 11.8 Å². The molecule has 0 unspecified atom stereocenters. The predicted octanol–water partition coefficient (Wildman–Crippen LogP) is 5.18. The third-order valence-electron chi connectivity index (χ3n) is 5.12. The molecule has 0 saturated heterocycles. The molecule has 0 fully saturated rings. The van der Waals surface area contributed by atoms with E-state index in [0.717, 1.165) is 23.2 Å². The van der Waals surface area contributed by atoms with E-state index in [4.69, 9.17) is 0 Å². The topological polar surface area (TPSA) is 82.0 Å². The normalized spacial score (nSPS) is 13.0. The van der Waals surface area contributed by atoms with E-state index in [2.05, 4.69) is 16.7 Å². The molecular weight excluding hydrogens is 386 g/mol. The van der Waals surface area contributed by atoms with Crippen LogP contribution in [0.1, 0.15) is 52.1 Å². The van der Waals surface area contributed by atoms with Crippen molar-refractivity contribution < 1.29 is 9.59 Å². The minimum atomic E-state index is -0.692. The van der Waals surface area contributed by atoms with Gasteiger partial charge in [0, 0.05) is 22.5 Å². The van der Waals surface area contributed by atoms with Crippen molar-refractivity contribution in [2.45, 2.75) is 32.6 Å². The second-order valence-electron chi connectivity index (χ2n) is 7.94. The fourth-order valence-electron chi connectivity index (χ4n) is 3.13. The van der Waals surface area contributed by atoms with Crippen LogP contribution in [0.5, 0.6) is 0 Å². The number of rotatable bonds is 5. The van der Waals surface area contributed by atoms with Crippen LogP contribution < -0.4 is 10.6 Å². The van der Waals surface area contributed by atoms with Gasteiger partial charge in [-0.15, -0.1) is 0 Å². The molecule has 0 bridgehead atoms. The molecule has 0 radical (unpaired) electrons. The predicted molar refractivity (Wildman–Crippen MR) is 123 cm³/mol. The molecule has 156 valence electrons. The van der Waals surface area contributed by atoms with E-state index in [0.29, 0.717) is 16.8 Å². The Morgan fingerprint density at radius 3 is 2.61 bits per heavy atom. The Bertz CT molecular complexity index is 1150. The zero-order valence-corrected chi connectivity index (χ0v) is 17.9. The molecular formula is C26H25N3O2. The van der Waals surface area contributed by atoms with Crippen LogP contribution in [0.4, 0.5) is 5.69 Å². The lowest BCUT2D eigenvalue weighted by Gasteiger charge is -2.16. The van der Waals surface area contributed by atoms with Crippen molar-refractivity contribution in [2.75, 3.05) is 5.32 Å². The fraction of sp³-hybridized carbons (Fsp3) is 0.192. The van der Waals surface area contributed by atoms with Crippen LogP contribution in [0.25, 0.3) is 0 Å². The van der Waals surface area contributed by atoms with Crippen molar-refractivity contribution in [3.63, 3.8) is 0 Å². The number of amides is 2. The van der Waals surface area contributed by atoms with Gasteiger partial charge in [0.2, 0.25) is 0 Å². The fourth-order valence-corrected chi connectivity index (χ4v) is 3.13. The second kappa shape index (κ2) is 9.27. The minimum absolute atomic E-state index is 0.232. The summed E-state index contributed by atoms with van der Waals surface area (Å²) < 4.78 is 0. The highest BCUT2D eigenvalue weighted by Crippen LogP contribution is 2.24. The van der Waals surface area contributed by atoms with Gasteiger partial charge in [0.15, 0.2) is 0 Å². The van der Waals surface area contributed by atoms with Crippen LogP contribution in [0.15, 0.2) is 78.5 Å². The molecule has 0 aliphatic heterocycles. The molecule has 2 N–H and O–H groups in total. The van der Waals surface area contributed by atoms with Crippen LogP contribution in [0.2, 0.25) is 0 Å². The van der Waals surface area contributed by atoms with E-state index < -0.39 is 5.41 Å². The summed E-state index contributed by atoms with van der Waals surface area (Å²) in [6.07, 6.45) is 10.4. The molecule has 5 nitrogen and oxygen atoms in total. The molecule has 3 rings (SSSR count). The number of nitriles is 1. The molecule has 0 spiro atoms. The summed E-state index contributed by atoms with van der Waals surface area (Å²) in [5.74, 6) is -0.532. The van der Waals surface area contributed by atoms with Crippen LogP contribution in [0, 0.1) is 18.3 Å². The van der Waals surface area contributed by atoms with Crippen molar-refractivity contribution in [1.29, 1.82) is 5.26 Å². The SMILES string of the molecule is Cc1ccc(NC(=O)c2cccc(C(C)(C)C#N)c2)cc1C(=O)NC1=CCC=CC=C1. The molecule has 2 amide bonds. The van der Waals surface area contributed by atoms with Gasteiger partial charge in [-0.2, -0.15) is 5.26 Å². The van der Waals surface area contributed by atoms with Gasteiger partial charge >= 0.3 is 0 Å². The first-order chi connectivity index (χ1) is 14.8. The minimum Gasteiger partial charge on any atom is -0.322 e. The van der Waals surface area contributed by atoms with Gasteiger partial charge in [-0.3, -0.25) is 9.59 Å². The first-order valence-corrected chi connectivity index (χ1v) is 10.1. The smallest absolute Gasteiger partial charge is 0.255 e. The van der Waals surface area contributed by atoms with Gasteiger partial charge in [0.05, 0.1) is 11.5 Å². The molecule has 0 saturated carbocycles. The highest BCUT2D eigenvalue weighted by Gasteiger charge is 2.21. The number of carbonyl (C=O) groups is 2. The van der Waals surface area contributed by atoms with E-state index >= 15 is 0 Å². The van der Waals surface area contributed by atoms with E-state index in [1.807, 2.05) is 57.2 Å². The average molecular weight is 412 g/mol. The standard InChI is InChI=1S/C26H25N3O2/c1-18-13-14-22(16-23(18)25(31)28-21-11-6-4-5-7-12-21)29-24(30)19-9-8-10-20(15-19)26(2,3)17-27/h4-6,8-16H,7H2,1-3H3,(H,28,31)(H,29,30). The van der Waals surface area contributed by atoms with E-state index in [1.165, 1.54) is 0 Å².